The number of hydrogen-bond donors (Lipinski definition) is 1. The van der Waals surface area contributed by atoms with E-state index < -0.39 is 0 Å². The zero-order chi connectivity index (χ0) is 12.1. The molecule has 1 aliphatic rings. The van der Waals surface area contributed by atoms with Crippen LogP contribution in [-0.4, -0.2) is 35.4 Å². The SMILES string of the molecule is CCn1ccc(C(=O)NCC2CCOCC2)n1. The fraction of sp³-hybridized carbons (Fsp3) is 0.667. The Balaban J connectivity index is 1.80. The molecule has 1 amide bonds. The zero-order valence-corrected chi connectivity index (χ0v) is 10.2. The van der Waals surface area contributed by atoms with Gasteiger partial charge in [0.25, 0.3) is 5.91 Å². The summed E-state index contributed by atoms with van der Waals surface area (Å²) in [5, 5.41) is 7.11. The van der Waals surface area contributed by atoms with Gasteiger partial charge in [-0.1, -0.05) is 0 Å². The normalized spacial score (nSPS) is 17.0. The number of hydrogen-bond acceptors (Lipinski definition) is 3. The molecule has 2 heterocycles. The first-order chi connectivity index (χ1) is 8.29. The van der Waals surface area contributed by atoms with Gasteiger partial charge in [-0.05, 0) is 31.7 Å². The molecule has 0 radical (unpaired) electrons. The number of rotatable bonds is 4. The third-order valence-corrected chi connectivity index (χ3v) is 3.09. The maximum Gasteiger partial charge on any atom is 0.271 e. The summed E-state index contributed by atoms with van der Waals surface area (Å²) in [5.41, 5.74) is 0.499. The molecule has 0 bridgehead atoms. The minimum atomic E-state index is -0.0799. The lowest BCUT2D eigenvalue weighted by atomic mass is 10.0. The van der Waals surface area contributed by atoms with Gasteiger partial charge in [0.15, 0.2) is 0 Å². The van der Waals surface area contributed by atoms with Crippen molar-refractivity contribution in [2.75, 3.05) is 19.8 Å². The monoisotopic (exact) mass is 237 g/mol. The third kappa shape index (κ3) is 3.30. The predicted molar refractivity (Wildman–Crippen MR) is 63.8 cm³/mol. The largest absolute Gasteiger partial charge is 0.381 e. The Labute approximate surface area is 101 Å². The molecule has 5 heteroatoms. The molecule has 0 atom stereocenters. The first-order valence-electron chi connectivity index (χ1n) is 6.19. The molecule has 0 spiro atoms. The number of nitrogens with zero attached hydrogens (tertiary/aromatic N) is 2. The van der Waals surface area contributed by atoms with E-state index in [1.807, 2.05) is 13.1 Å². The minimum absolute atomic E-state index is 0.0799. The minimum Gasteiger partial charge on any atom is -0.381 e. The highest BCUT2D eigenvalue weighted by molar-refractivity contribution is 5.92. The second-order valence-electron chi connectivity index (χ2n) is 4.32. The highest BCUT2D eigenvalue weighted by Gasteiger charge is 2.16. The summed E-state index contributed by atoms with van der Waals surface area (Å²) in [6.45, 7) is 5.13. The second-order valence-corrected chi connectivity index (χ2v) is 4.32. The lowest BCUT2D eigenvalue weighted by molar-refractivity contribution is 0.0642. The molecule has 0 aromatic carbocycles. The lowest BCUT2D eigenvalue weighted by Gasteiger charge is -2.21. The second kappa shape index (κ2) is 5.82. The van der Waals surface area contributed by atoms with Crippen molar-refractivity contribution in [1.29, 1.82) is 0 Å². The fourth-order valence-electron chi connectivity index (χ4n) is 1.94. The molecular formula is C12H19N3O2. The number of aromatic nitrogens is 2. The van der Waals surface area contributed by atoms with E-state index in [0.29, 0.717) is 11.6 Å². The van der Waals surface area contributed by atoms with Gasteiger partial charge in [-0.15, -0.1) is 0 Å². The number of carbonyl (C=O) groups excluding carboxylic acids is 1. The van der Waals surface area contributed by atoms with Crippen LogP contribution in [0.3, 0.4) is 0 Å². The standard InChI is InChI=1S/C12H19N3O2/c1-2-15-6-3-11(14-15)12(16)13-9-10-4-7-17-8-5-10/h3,6,10H,2,4-5,7-9H2,1H3,(H,13,16). The molecule has 17 heavy (non-hydrogen) atoms. The van der Waals surface area contributed by atoms with Crippen LogP contribution in [0, 0.1) is 5.92 Å². The first-order valence-corrected chi connectivity index (χ1v) is 6.19. The third-order valence-electron chi connectivity index (χ3n) is 3.09. The molecule has 0 aliphatic carbocycles. The Bertz CT molecular complexity index is 370. The predicted octanol–water partition coefficient (Wildman–Crippen LogP) is 1.06. The molecule has 1 aromatic rings. The van der Waals surface area contributed by atoms with Crippen molar-refractivity contribution in [3.05, 3.63) is 18.0 Å². The smallest absolute Gasteiger partial charge is 0.271 e. The van der Waals surface area contributed by atoms with E-state index in [9.17, 15) is 4.79 Å². The molecule has 94 valence electrons. The Morgan fingerprint density at radius 1 is 1.59 bits per heavy atom. The van der Waals surface area contributed by atoms with Crippen LogP contribution in [0.4, 0.5) is 0 Å². The van der Waals surface area contributed by atoms with Crippen molar-refractivity contribution in [3.8, 4) is 0 Å². The summed E-state index contributed by atoms with van der Waals surface area (Å²) >= 11 is 0. The number of amides is 1. The maximum absolute atomic E-state index is 11.8. The number of ether oxygens (including phenoxy) is 1. The van der Waals surface area contributed by atoms with Crippen LogP contribution in [0.1, 0.15) is 30.3 Å². The van der Waals surface area contributed by atoms with Crippen LogP contribution in [0.5, 0.6) is 0 Å². The quantitative estimate of drug-likeness (QED) is 0.852. The van der Waals surface area contributed by atoms with Gasteiger partial charge in [0.1, 0.15) is 5.69 Å². The molecule has 1 aromatic heterocycles. The molecule has 2 rings (SSSR count). The van der Waals surface area contributed by atoms with E-state index in [1.165, 1.54) is 0 Å². The van der Waals surface area contributed by atoms with E-state index in [0.717, 1.165) is 39.1 Å². The summed E-state index contributed by atoms with van der Waals surface area (Å²) in [4.78, 5) is 11.8. The molecule has 0 unspecified atom stereocenters. The fourth-order valence-corrected chi connectivity index (χ4v) is 1.94. The van der Waals surface area contributed by atoms with E-state index in [4.69, 9.17) is 4.74 Å². The van der Waals surface area contributed by atoms with Crippen LogP contribution in [0.2, 0.25) is 0 Å². The highest BCUT2D eigenvalue weighted by Crippen LogP contribution is 2.13. The average molecular weight is 237 g/mol. The summed E-state index contributed by atoms with van der Waals surface area (Å²) in [7, 11) is 0. The van der Waals surface area contributed by atoms with Crippen LogP contribution < -0.4 is 5.32 Å². The molecule has 1 saturated heterocycles. The summed E-state index contributed by atoms with van der Waals surface area (Å²) in [6, 6.07) is 1.75. The molecule has 0 saturated carbocycles. The number of carbonyl (C=O) groups is 1. The summed E-state index contributed by atoms with van der Waals surface area (Å²) in [5.74, 6) is 0.463. The Morgan fingerprint density at radius 2 is 2.35 bits per heavy atom. The van der Waals surface area contributed by atoms with E-state index in [1.54, 1.807) is 10.7 Å². The van der Waals surface area contributed by atoms with Gasteiger partial charge in [-0.2, -0.15) is 5.10 Å². The molecule has 1 N–H and O–H groups in total. The van der Waals surface area contributed by atoms with Crippen molar-refractivity contribution in [2.45, 2.75) is 26.3 Å². The van der Waals surface area contributed by atoms with Gasteiger partial charge in [0.2, 0.25) is 0 Å². The van der Waals surface area contributed by atoms with Crippen LogP contribution in [0.25, 0.3) is 0 Å². The van der Waals surface area contributed by atoms with Crippen LogP contribution in [0.15, 0.2) is 12.3 Å². The van der Waals surface area contributed by atoms with Gasteiger partial charge >= 0.3 is 0 Å². The van der Waals surface area contributed by atoms with E-state index >= 15 is 0 Å². The summed E-state index contributed by atoms with van der Waals surface area (Å²) in [6.07, 6.45) is 3.89. The van der Waals surface area contributed by atoms with Crippen LogP contribution in [-0.2, 0) is 11.3 Å². The van der Waals surface area contributed by atoms with Gasteiger partial charge < -0.3 is 10.1 Å². The number of nitrogens with one attached hydrogen (secondary N) is 1. The summed E-state index contributed by atoms with van der Waals surface area (Å²) < 4.78 is 7.03. The molecule has 1 aliphatic heterocycles. The molecule has 1 fully saturated rings. The van der Waals surface area contributed by atoms with Crippen molar-refractivity contribution in [1.82, 2.24) is 15.1 Å². The maximum atomic E-state index is 11.8. The lowest BCUT2D eigenvalue weighted by Crippen LogP contribution is -2.32. The number of aryl methyl sites for hydroxylation is 1. The highest BCUT2D eigenvalue weighted by atomic mass is 16.5. The van der Waals surface area contributed by atoms with Gasteiger partial charge in [-0.3, -0.25) is 9.48 Å². The van der Waals surface area contributed by atoms with Crippen molar-refractivity contribution in [2.24, 2.45) is 5.92 Å². The van der Waals surface area contributed by atoms with E-state index in [2.05, 4.69) is 10.4 Å². The Morgan fingerprint density at radius 3 is 3.00 bits per heavy atom. The van der Waals surface area contributed by atoms with Gasteiger partial charge in [0, 0.05) is 32.5 Å². The average Bonchev–Trinajstić information content (AvgIpc) is 2.86. The molecule has 5 nitrogen and oxygen atoms in total. The Hall–Kier alpha value is -1.36. The van der Waals surface area contributed by atoms with Crippen molar-refractivity contribution >= 4 is 5.91 Å². The first kappa shape index (κ1) is 12.1. The molecular weight excluding hydrogens is 218 g/mol. The topological polar surface area (TPSA) is 56.2 Å². The van der Waals surface area contributed by atoms with Gasteiger partial charge in [0.05, 0.1) is 0 Å². The van der Waals surface area contributed by atoms with Crippen molar-refractivity contribution in [3.63, 3.8) is 0 Å². The van der Waals surface area contributed by atoms with Gasteiger partial charge in [-0.25, -0.2) is 0 Å². The Kier molecular flexibility index (Phi) is 4.14. The zero-order valence-electron chi connectivity index (χ0n) is 10.2. The van der Waals surface area contributed by atoms with Crippen molar-refractivity contribution < 1.29 is 9.53 Å². The van der Waals surface area contributed by atoms with E-state index in [-0.39, 0.29) is 5.91 Å². The van der Waals surface area contributed by atoms with Crippen LogP contribution >= 0.6 is 0 Å².